The van der Waals surface area contributed by atoms with E-state index in [2.05, 4.69) is 0 Å². The van der Waals surface area contributed by atoms with Gasteiger partial charge in [0.15, 0.2) is 0 Å². The Balaban J connectivity index is 2.37. The van der Waals surface area contributed by atoms with E-state index >= 15 is 0 Å². The van der Waals surface area contributed by atoms with Crippen molar-refractivity contribution in [2.45, 2.75) is 56.8 Å². The standard InChI is InChI=1S/C16H22O3S/c1-11-6-8-12(9-7-11)20(18)13-10-14(17)19-16(13,5)15(2,3)4/h6-9,13H,10H2,1-5H3/t13-,16-,20+/m1/s1. The first kappa shape index (κ1) is 15.2. The molecule has 0 aromatic heterocycles. The summed E-state index contributed by atoms with van der Waals surface area (Å²) < 4.78 is 18.4. The molecule has 1 aromatic carbocycles. The van der Waals surface area contributed by atoms with E-state index in [9.17, 15) is 9.00 Å². The second kappa shape index (κ2) is 4.99. The van der Waals surface area contributed by atoms with Crippen molar-refractivity contribution in [3.8, 4) is 0 Å². The molecule has 1 heterocycles. The number of aryl methyl sites for hydroxylation is 1. The van der Waals surface area contributed by atoms with Gasteiger partial charge in [-0.2, -0.15) is 0 Å². The van der Waals surface area contributed by atoms with Crippen LogP contribution in [-0.4, -0.2) is 21.0 Å². The number of cyclic esters (lactones) is 1. The molecule has 1 aliphatic rings. The largest absolute Gasteiger partial charge is 0.457 e. The molecule has 20 heavy (non-hydrogen) atoms. The Morgan fingerprint density at radius 2 is 1.80 bits per heavy atom. The van der Waals surface area contributed by atoms with Crippen LogP contribution in [0, 0.1) is 12.3 Å². The van der Waals surface area contributed by atoms with Crippen LogP contribution in [0.1, 0.15) is 39.7 Å². The number of carbonyl (C=O) groups is 1. The lowest BCUT2D eigenvalue weighted by atomic mass is 9.76. The van der Waals surface area contributed by atoms with E-state index in [0.29, 0.717) is 0 Å². The van der Waals surface area contributed by atoms with Crippen LogP contribution in [0.15, 0.2) is 29.2 Å². The van der Waals surface area contributed by atoms with E-state index in [1.54, 1.807) is 0 Å². The molecule has 0 radical (unpaired) electrons. The normalized spacial score (nSPS) is 28.2. The van der Waals surface area contributed by atoms with Crippen LogP contribution in [0.25, 0.3) is 0 Å². The molecule has 0 spiro atoms. The first-order valence-corrected chi connectivity index (χ1v) is 8.05. The van der Waals surface area contributed by atoms with Crippen LogP contribution in [0.3, 0.4) is 0 Å². The molecule has 1 saturated heterocycles. The van der Waals surface area contributed by atoms with Gasteiger partial charge in [-0.25, -0.2) is 0 Å². The molecule has 0 saturated carbocycles. The Morgan fingerprint density at radius 3 is 2.30 bits per heavy atom. The second-order valence-electron chi connectivity index (χ2n) is 6.63. The van der Waals surface area contributed by atoms with Gasteiger partial charge in [0.2, 0.25) is 0 Å². The predicted octanol–water partition coefficient (Wildman–Crippen LogP) is 3.22. The van der Waals surface area contributed by atoms with Gasteiger partial charge in [-0.1, -0.05) is 38.5 Å². The Bertz CT molecular complexity index is 542. The summed E-state index contributed by atoms with van der Waals surface area (Å²) in [5.41, 5.74) is 0.160. The van der Waals surface area contributed by atoms with Gasteiger partial charge in [0.25, 0.3) is 0 Å². The molecule has 1 aromatic rings. The van der Waals surface area contributed by atoms with Gasteiger partial charge in [-0.15, -0.1) is 0 Å². The first-order chi connectivity index (χ1) is 9.15. The lowest BCUT2D eigenvalue weighted by molar-refractivity contribution is -0.155. The van der Waals surface area contributed by atoms with Gasteiger partial charge < -0.3 is 4.74 Å². The molecule has 0 unspecified atom stereocenters. The summed E-state index contributed by atoms with van der Waals surface area (Å²) in [5.74, 6) is -0.257. The molecule has 0 N–H and O–H groups in total. The molecule has 0 amide bonds. The molecule has 4 heteroatoms. The Hall–Kier alpha value is -1.16. The van der Waals surface area contributed by atoms with Crippen LogP contribution in [-0.2, 0) is 20.3 Å². The van der Waals surface area contributed by atoms with Gasteiger partial charge >= 0.3 is 5.97 Å². The van der Waals surface area contributed by atoms with E-state index in [4.69, 9.17) is 4.74 Å². The number of ether oxygens (including phenoxy) is 1. The quantitative estimate of drug-likeness (QED) is 0.787. The smallest absolute Gasteiger partial charge is 0.307 e. The molecule has 110 valence electrons. The van der Waals surface area contributed by atoms with E-state index in [1.807, 2.05) is 58.9 Å². The summed E-state index contributed by atoms with van der Waals surface area (Å²) in [5, 5.41) is -0.308. The van der Waals surface area contributed by atoms with Gasteiger partial charge in [-0.3, -0.25) is 9.00 Å². The SMILES string of the molecule is Cc1ccc([S@](=O)[C@@H]2CC(=O)O[C@@]2(C)C(C)(C)C)cc1. The van der Waals surface area contributed by atoms with Crippen LogP contribution < -0.4 is 0 Å². The fourth-order valence-electron chi connectivity index (χ4n) is 2.44. The third-order valence-corrected chi connectivity index (χ3v) is 6.16. The predicted molar refractivity (Wildman–Crippen MR) is 79.9 cm³/mol. The minimum atomic E-state index is -1.25. The zero-order valence-electron chi connectivity index (χ0n) is 12.7. The zero-order valence-corrected chi connectivity index (χ0v) is 13.5. The third-order valence-electron chi connectivity index (χ3n) is 4.29. The van der Waals surface area contributed by atoms with Crippen molar-refractivity contribution in [3.63, 3.8) is 0 Å². The average molecular weight is 294 g/mol. The van der Waals surface area contributed by atoms with Crippen molar-refractivity contribution in [1.82, 2.24) is 0 Å². The van der Waals surface area contributed by atoms with Gasteiger partial charge in [0.05, 0.1) is 22.5 Å². The number of rotatable bonds is 2. The fraction of sp³-hybridized carbons (Fsp3) is 0.562. The van der Waals surface area contributed by atoms with Crippen molar-refractivity contribution in [1.29, 1.82) is 0 Å². The molecule has 3 atom stereocenters. The number of hydrogen-bond acceptors (Lipinski definition) is 3. The highest BCUT2D eigenvalue weighted by atomic mass is 32.2. The van der Waals surface area contributed by atoms with Crippen LogP contribution in [0.2, 0.25) is 0 Å². The summed E-state index contributed by atoms with van der Waals surface area (Å²) in [6.45, 7) is 9.95. The fourth-order valence-corrected chi connectivity index (χ4v) is 4.27. The zero-order chi connectivity index (χ0) is 15.1. The van der Waals surface area contributed by atoms with Crippen LogP contribution in [0.5, 0.6) is 0 Å². The Kier molecular flexibility index (Phi) is 3.80. The highest BCUT2D eigenvalue weighted by molar-refractivity contribution is 7.85. The van der Waals surface area contributed by atoms with E-state index in [0.717, 1.165) is 10.5 Å². The summed E-state index contributed by atoms with van der Waals surface area (Å²) in [6.07, 6.45) is 0.217. The summed E-state index contributed by atoms with van der Waals surface area (Å²) >= 11 is 0. The second-order valence-corrected chi connectivity index (χ2v) is 8.27. The minimum Gasteiger partial charge on any atom is -0.457 e. The molecule has 3 nitrogen and oxygen atoms in total. The minimum absolute atomic E-state index is 0.217. The third kappa shape index (κ3) is 2.53. The highest BCUT2D eigenvalue weighted by Crippen LogP contribution is 2.45. The van der Waals surface area contributed by atoms with E-state index < -0.39 is 16.4 Å². The summed E-state index contributed by atoms with van der Waals surface area (Å²) in [4.78, 5) is 12.5. The number of carbonyl (C=O) groups excluding carboxylic acids is 1. The molecule has 1 fully saturated rings. The maximum atomic E-state index is 12.8. The lowest BCUT2D eigenvalue weighted by Crippen LogP contribution is -2.49. The van der Waals surface area contributed by atoms with Crippen LogP contribution in [0.4, 0.5) is 0 Å². The topological polar surface area (TPSA) is 43.4 Å². The molecule has 0 aliphatic carbocycles. The van der Waals surface area contributed by atoms with Crippen molar-refractivity contribution in [3.05, 3.63) is 29.8 Å². The number of esters is 1. The Morgan fingerprint density at radius 1 is 1.25 bits per heavy atom. The monoisotopic (exact) mass is 294 g/mol. The maximum absolute atomic E-state index is 12.8. The molecular formula is C16H22O3S. The van der Waals surface area contributed by atoms with E-state index in [-0.39, 0.29) is 23.1 Å². The molecular weight excluding hydrogens is 272 g/mol. The number of hydrogen-bond donors (Lipinski definition) is 0. The van der Waals surface area contributed by atoms with Crippen molar-refractivity contribution in [2.75, 3.05) is 0 Å². The highest BCUT2D eigenvalue weighted by Gasteiger charge is 2.55. The van der Waals surface area contributed by atoms with Gasteiger partial charge in [-0.05, 0) is 26.0 Å². The molecule has 2 rings (SSSR count). The molecule has 0 bridgehead atoms. The van der Waals surface area contributed by atoms with Crippen LogP contribution >= 0.6 is 0 Å². The molecule has 1 aliphatic heterocycles. The van der Waals surface area contributed by atoms with E-state index in [1.165, 1.54) is 0 Å². The van der Waals surface area contributed by atoms with Crippen molar-refractivity contribution < 1.29 is 13.7 Å². The first-order valence-electron chi connectivity index (χ1n) is 6.84. The maximum Gasteiger partial charge on any atom is 0.307 e. The van der Waals surface area contributed by atoms with Crippen molar-refractivity contribution >= 4 is 16.8 Å². The van der Waals surface area contributed by atoms with Gasteiger partial charge in [0, 0.05) is 10.3 Å². The van der Waals surface area contributed by atoms with Crippen molar-refractivity contribution in [2.24, 2.45) is 5.41 Å². The van der Waals surface area contributed by atoms with Gasteiger partial charge in [0.1, 0.15) is 5.60 Å². The summed E-state index contributed by atoms with van der Waals surface area (Å²) in [6, 6.07) is 7.63. The Labute approximate surface area is 123 Å². The number of benzene rings is 1. The lowest BCUT2D eigenvalue weighted by Gasteiger charge is -2.40. The summed E-state index contributed by atoms with van der Waals surface area (Å²) in [7, 11) is -1.25. The average Bonchev–Trinajstić information content (AvgIpc) is 2.65.